The van der Waals surface area contributed by atoms with Crippen molar-refractivity contribution in [2.45, 2.75) is 13.0 Å². The number of amides is 2. The van der Waals surface area contributed by atoms with Gasteiger partial charge in [0.15, 0.2) is 11.5 Å². The molecule has 2 N–H and O–H groups in total. The van der Waals surface area contributed by atoms with Crippen molar-refractivity contribution in [2.24, 2.45) is 0 Å². The minimum atomic E-state index is -0.597. The van der Waals surface area contributed by atoms with E-state index in [0.29, 0.717) is 0 Å². The molecule has 5 nitrogen and oxygen atoms in total. The van der Waals surface area contributed by atoms with Gasteiger partial charge in [0.25, 0.3) is 11.8 Å². The second kappa shape index (κ2) is 4.63. The van der Waals surface area contributed by atoms with E-state index in [-0.39, 0.29) is 11.1 Å². The van der Waals surface area contributed by atoms with E-state index < -0.39 is 29.4 Å². The molecule has 5 heteroatoms. The molecule has 0 fully saturated rings. The topological polar surface area (TPSA) is 77.8 Å². The molecule has 2 amide bonds. The third-order valence-corrected chi connectivity index (χ3v) is 3.71. The Hall–Kier alpha value is -2.82. The fourth-order valence-electron chi connectivity index (χ4n) is 2.55. The van der Waals surface area contributed by atoms with Gasteiger partial charge >= 0.3 is 0 Å². The molecule has 0 aliphatic carbocycles. The van der Waals surface area contributed by atoms with Crippen LogP contribution in [0.25, 0.3) is 0 Å². The number of imide groups is 1. The standard InChI is InChI=1S/C16H13NO4/c1-9(10-5-3-2-4-6-10)17-15(20)11-7-8-12(18)14(19)13(11)16(17)21/h2-9,18-19H,1H3. The van der Waals surface area contributed by atoms with Crippen LogP contribution in [0.4, 0.5) is 0 Å². The average molecular weight is 283 g/mol. The minimum Gasteiger partial charge on any atom is -0.504 e. The quantitative estimate of drug-likeness (QED) is 0.655. The number of phenols is 2. The van der Waals surface area contributed by atoms with Gasteiger partial charge in [0.05, 0.1) is 17.2 Å². The molecule has 0 aromatic heterocycles. The van der Waals surface area contributed by atoms with Gasteiger partial charge in [-0.3, -0.25) is 14.5 Å². The van der Waals surface area contributed by atoms with Crippen LogP contribution < -0.4 is 0 Å². The van der Waals surface area contributed by atoms with E-state index in [1.165, 1.54) is 12.1 Å². The van der Waals surface area contributed by atoms with Crippen LogP contribution in [-0.2, 0) is 0 Å². The Morgan fingerprint density at radius 3 is 2.29 bits per heavy atom. The number of hydrogen-bond acceptors (Lipinski definition) is 4. The first kappa shape index (κ1) is 13.2. The summed E-state index contributed by atoms with van der Waals surface area (Å²) in [5.41, 5.74) is 0.789. The largest absolute Gasteiger partial charge is 0.504 e. The number of phenolic OH excluding ortho intramolecular Hbond substituents is 2. The van der Waals surface area contributed by atoms with Crippen molar-refractivity contribution in [3.05, 3.63) is 59.2 Å². The molecule has 1 unspecified atom stereocenters. The predicted molar refractivity (Wildman–Crippen MR) is 75.1 cm³/mol. The molecular formula is C16H13NO4. The van der Waals surface area contributed by atoms with Gasteiger partial charge in [-0.15, -0.1) is 0 Å². The van der Waals surface area contributed by atoms with Crippen LogP contribution in [-0.4, -0.2) is 26.9 Å². The van der Waals surface area contributed by atoms with Gasteiger partial charge in [0.1, 0.15) is 0 Å². The summed E-state index contributed by atoms with van der Waals surface area (Å²) < 4.78 is 0. The van der Waals surface area contributed by atoms with Gasteiger partial charge < -0.3 is 10.2 Å². The molecule has 21 heavy (non-hydrogen) atoms. The third kappa shape index (κ3) is 1.86. The average Bonchev–Trinajstić information content (AvgIpc) is 2.75. The lowest BCUT2D eigenvalue weighted by Gasteiger charge is -2.22. The van der Waals surface area contributed by atoms with Crippen LogP contribution >= 0.6 is 0 Å². The van der Waals surface area contributed by atoms with Crippen molar-refractivity contribution in [3.8, 4) is 11.5 Å². The lowest BCUT2D eigenvalue weighted by Crippen LogP contribution is -2.32. The van der Waals surface area contributed by atoms with E-state index in [1.54, 1.807) is 6.92 Å². The highest BCUT2D eigenvalue weighted by Gasteiger charge is 2.41. The fourth-order valence-corrected chi connectivity index (χ4v) is 2.55. The normalized spacial score (nSPS) is 15.2. The lowest BCUT2D eigenvalue weighted by molar-refractivity contribution is 0.0594. The summed E-state index contributed by atoms with van der Waals surface area (Å²) >= 11 is 0. The fraction of sp³-hybridized carbons (Fsp3) is 0.125. The molecule has 2 aromatic carbocycles. The second-order valence-corrected chi connectivity index (χ2v) is 4.92. The highest BCUT2D eigenvalue weighted by Crippen LogP contribution is 2.39. The van der Waals surface area contributed by atoms with E-state index >= 15 is 0 Å². The van der Waals surface area contributed by atoms with Gasteiger partial charge in [0, 0.05) is 0 Å². The molecule has 0 saturated carbocycles. The number of hydrogen-bond donors (Lipinski definition) is 2. The Morgan fingerprint density at radius 1 is 0.952 bits per heavy atom. The van der Waals surface area contributed by atoms with Crippen LogP contribution in [0.2, 0.25) is 0 Å². The number of benzene rings is 2. The summed E-state index contributed by atoms with van der Waals surface area (Å²) in [5, 5.41) is 19.3. The van der Waals surface area contributed by atoms with E-state index in [9.17, 15) is 19.8 Å². The van der Waals surface area contributed by atoms with Crippen molar-refractivity contribution in [3.63, 3.8) is 0 Å². The third-order valence-electron chi connectivity index (χ3n) is 3.71. The van der Waals surface area contributed by atoms with Crippen molar-refractivity contribution in [1.29, 1.82) is 0 Å². The van der Waals surface area contributed by atoms with Crippen LogP contribution in [0.15, 0.2) is 42.5 Å². The van der Waals surface area contributed by atoms with Crippen LogP contribution in [0.3, 0.4) is 0 Å². The van der Waals surface area contributed by atoms with Crippen LogP contribution in [0.5, 0.6) is 11.5 Å². The molecule has 1 aliphatic rings. The number of nitrogens with zero attached hydrogens (tertiary/aromatic N) is 1. The molecule has 2 aromatic rings. The number of aromatic hydroxyl groups is 2. The molecule has 1 heterocycles. The number of carbonyl (C=O) groups excluding carboxylic acids is 2. The SMILES string of the molecule is CC(c1ccccc1)N1C(=O)c2ccc(O)c(O)c2C1=O. The minimum absolute atomic E-state index is 0.109. The maximum atomic E-state index is 12.4. The van der Waals surface area contributed by atoms with Gasteiger partial charge in [0.2, 0.25) is 0 Å². The molecule has 3 rings (SSSR count). The number of rotatable bonds is 2. The summed E-state index contributed by atoms with van der Waals surface area (Å²) in [6.07, 6.45) is 0. The van der Waals surface area contributed by atoms with Gasteiger partial charge in [-0.05, 0) is 24.6 Å². The summed E-state index contributed by atoms with van der Waals surface area (Å²) in [6, 6.07) is 11.2. The van der Waals surface area contributed by atoms with E-state index in [4.69, 9.17) is 0 Å². The number of fused-ring (bicyclic) bond motifs is 1. The molecule has 0 saturated heterocycles. The van der Waals surface area contributed by atoms with Gasteiger partial charge in [-0.2, -0.15) is 0 Å². The van der Waals surface area contributed by atoms with Gasteiger partial charge in [-0.1, -0.05) is 30.3 Å². The first-order chi connectivity index (χ1) is 10.0. The molecule has 0 radical (unpaired) electrons. The van der Waals surface area contributed by atoms with E-state index in [1.807, 2.05) is 30.3 Å². The van der Waals surface area contributed by atoms with E-state index in [2.05, 4.69) is 0 Å². The Kier molecular flexibility index (Phi) is 2.90. The lowest BCUT2D eigenvalue weighted by atomic mass is 10.1. The van der Waals surface area contributed by atoms with Crippen molar-refractivity contribution in [1.82, 2.24) is 4.90 Å². The zero-order chi connectivity index (χ0) is 15.1. The first-order valence-electron chi connectivity index (χ1n) is 6.50. The summed E-state index contributed by atoms with van der Waals surface area (Å²) in [7, 11) is 0. The van der Waals surface area contributed by atoms with Crippen LogP contribution in [0, 0.1) is 0 Å². The smallest absolute Gasteiger partial charge is 0.266 e. The molecule has 1 atom stereocenters. The molecule has 106 valence electrons. The number of carbonyl (C=O) groups is 2. The predicted octanol–water partition coefficient (Wildman–Crippen LogP) is 2.46. The Labute approximate surface area is 121 Å². The van der Waals surface area contributed by atoms with Crippen LogP contribution in [0.1, 0.15) is 39.2 Å². The summed E-state index contributed by atoms with van der Waals surface area (Å²) in [5.74, 6) is -2.03. The maximum absolute atomic E-state index is 12.4. The zero-order valence-electron chi connectivity index (χ0n) is 11.3. The van der Waals surface area contributed by atoms with Gasteiger partial charge in [-0.25, -0.2) is 0 Å². The second-order valence-electron chi connectivity index (χ2n) is 4.92. The first-order valence-corrected chi connectivity index (χ1v) is 6.50. The maximum Gasteiger partial charge on any atom is 0.266 e. The Morgan fingerprint density at radius 2 is 1.62 bits per heavy atom. The Balaban J connectivity index is 2.06. The Bertz CT molecular complexity index is 739. The molecule has 1 aliphatic heterocycles. The van der Waals surface area contributed by atoms with Crippen molar-refractivity contribution in [2.75, 3.05) is 0 Å². The highest BCUT2D eigenvalue weighted by atomic mass is 16.3. The molecule has 0 spiro atoms. The molecule has 0 bridgehead atoms. The van der Waals surface area contributed by atoms with Crippen molar-refractivity contribution < 1.29 is 19.8 Å². The van der Waals surface area contributed by atoms with E-state index in [0.717, 1.165) is 10.5 Å². The summed E-state index contributed by atoms with van der Waals surface area (Å²) in [4.78, 5) is 25.9. The monoisotopic (exact) mass is 283 g/mol. The zero-order valence-corrected chi connectivity index (χ0v) is 11.3. The van der Waals surface area contributed by atoms with Crippen molar-refractivity contribution >= 4 is 11.8 Å². The highest BCUT2D eigenvalue weighted by molar-refractivity contribution is 6.23. The summed E-state index contributed by atoms with van der Waals surface area (Å²) in [6.45, 7) is 1.74. The molecular weight excluding hydrogens is 270 g/mol.